The summed E-state index contributed by atoms with van der Waals surface area (Å²) in [6.45, 7) is 7.83. The lowest BCUT2D eigenvalue weighted by molar-refractivity contribution is 0.119. The summed E-state index contributed by atoms with van der Waals surface area (Å²) in [5.74, 6) is 0. The van der Waals surface area contributed by atoms with E-state index in [0.717, 1.165) is 25.8 Å². The molecule has 0 aromatic rings. The number of aliphatic hydroxyl groups excluding tert-OH is 1. The third kappa shape index (κ3) is 2.46. The highest BCUT2D eigenvalue weighted by molar-refractivity contribution is 4.78. The van der Waals surface area contributed by atoms with Gasteiger partial charge in [0.15, 0.2) is 0 Å². The number of hydrogen-bond acceptors (Lipinski definition) is 2. The van der Waals surface area contributed by atoms with E-state index in [1.165, 1.54) is 0 Å². The van der Waals surface area contributed by atoms with Gasteiger partial charge in [0.2, 0.25) is 0 Å². The van der Waals surface area contributed by atoms with E-state index < -0.39 is 0 Å². The fourth-order valence-electron chi connectivity index (χ4n) is 2.14. The minimum Gasteiger partial charge on any atom is -0.393 e. The molecule has 2 heteroatoms. The van der Waals surface area contributed by atoms with Gasteiger partial charge in [0, 0.05) is 12.1 Å². The monoisotopic (exact) mass is 171 g/mol. The molecule has 0 bridgehead atoms. The first kappa shape index (κ1) is 10.0. The smallest absolute Gasteiger partial charge is 0.0555 e. The van der Waals surface area contributed by atoms with E-state index in [4.69, 9.17) is 0 Å². The average molecular weight is 171 g/mol. The minimum absolute atomic E-state index is 0.0660. The van der Waals surface area contributed by atoms with Crippen LogP contribution in [0.15, 0.2) is 0 Å². The Morgan fingerprint density at radius 3 is 2.67 bits per heavy atom. The molecule has 2 nitrogen and oxygen atoms in total. The molecule has 1 heterocycles. The van der Waals surface area contributed by atoms with E-state index in [2.05, 4.69) is 25.7 Å². The maximum atomic E-state index is 9.53. The molecule has 0 aliphatic carbocycles. The van der Waals surface area contributed by atoms with Crippen LogP contribution in [0.1, 0.15) is 40.0 Å². The largest absolute Gasteiger partial charge is 0.393 e. The van der Waals surface area contributed by atoms with Crippen LogP contribution < -0.4 is 0 Å². The summed E-state index contributed by atoms with van der Waals surface area (Å²) in [5, 5.41) is 9.53. The van der Waals surface area contributed by atoms with E-state index in [9.17, 15) is 5.11 Å². The second-order valence-electron chi connectivity index (χ2n) is 4.21. The SMILES string of the molecule is CC(C)N1CCCC(O)CC1C. The van der Waals surface area contributed by atoms with Crippen LogP contribution in [0.5, 0.6) is 0 Å². The van der Waals surface area contributed by atoms with Crippen molar-refractivity contribution in [2.24, 2.45) is 0 Å². The highest BCUT2D eigenvalue weighted by atomic mass is 16.3. The molecular formula is C10H21NO. The molecule has 0 amide bonds. The third-order valence-corrected chi connectivity index (χ3v) is 2.80. The van der Waals surface area contributed by atoms with Crippen LogP contribution in [-0.2, 0) is 0 Å². The summed E-state index contributed by atoms with van der Waals surface area (Å²) < 4.78 is 0. The second kappa shape index (κ2) is 4.24. The molecule has 1 saturated heterocycles. The van der Waals surface area contributed by atoms with Crippen LogP contribution in [0.4, 0.5) is 0 Å². The normalized spacial score (nSPS) is 33.8. The van der Waals surface area contributed by atoms with Gasteiger partial charge in [-0.2, -0.15) is 0 Å². The van der Waals surface area contributed by atoms with Crippen molar-refractivity contribution in [3.8, 4) is 0 Å². The Labute approximate surface area is 75.6 Å². The minimum atomic E-state index is -0.0660. The van der Waals surface area contributed by atoms with Gasteiger partial charge in [-0.05, 0) is 46.6 Å². The first-order valence-electron chi connectivity index (χ1n) is 5.05. The molecule has 0 spiro atoms. The molecule has 1 aliphatic rings. The van der Waals surface area contributed by atoms with Crippen molar-refractivity contribution in [2.45, 2.75) is 58.2 Å². The van der Waals surface area contributed by atoms with E-state index in [-0.39, 0.29) is 6.10 Å². The Hall–Kier alpha value is -0.0800. The Kier molecular flexibility index (Phi) is 3.53. The van der Waals surface area contributed by atoms with Crippen molar-refractivity contribution in [2.75, 3.05) is 6.54 Å². The summed E-state index contributed by atoms with van der Waals surface area (Å²) in [5.41, 5.74) is 0. The zero-order valence-electron chi connectivity index (χ0n) is 8.45. The molecule has 12 heavy (non-hydrogen) atoms. The van der Waals surface area contributed by atoms with Crippen LogP contribution in [0.2, 0.25) is 0 Å². The van der Waals surface area contributed by atoms with Gasteiger partial charge in [-0.1, -0.05) is 0 Å². The van der Waals surface area contributed by atoms with E-state index in [0.29, 0.717) is 12.1 Å². The first-order valence-corrected chi connectivity index (χ1v) is 5.05. The zero-order chi connectivity index (χ0) is 9.14. The van der Waals surface area contributed by atoms with Crippen molar-refractivity contribution in [1.29, 1.82) is 0 Å². The maximum absolute atomic E-state index is 9.53. The van der Waals surface area contributed by atoms with Gasteiger partial charge < -0.3 is 5.11 Å². The second-order valence-corrected chi connectivity index (χ2v) is 4.21. The van der Waals surface area contributed by atoms with Gasteiger partial charge in [0.05, 0.1) is 6.10 Å². The quantitative estimate of drug-likeness (QED) is 0.648. The number of rotatable bonds is 1. The van der Waals surface area contributed by atoms with E-state index >= 15 is 0 Å². The van der Waals surface area contributed by atoms with Crippen molar-refractivity contribution in [3.63, 3.8) is 0 Å². The molecule has 72 valence electrons. The van der Waals surface area contributed by atoms with Crippen molar-refractivity contribution < 1.29 is 5.11 Å². The molecule has 2 unspecified atom stereocenters. The molecule has 1 N–H and O–H groups in total. The average Bonchev–Trinajstić information content (AvgIpc) is 2.10. The molecule has 0 aromatic heterocycles. The van der Waals surface area contributed by atoms with Crippen LogP contribution in [-0.4, -0.2) is 34.7 Å². The fourth-order valence-corrected chi connectivity index (χ4v) is 2.14. The predicted molar refractivity (Wildman–Crippen MR) is 51.2 cm³/mol. The summed E-state index contributed by atoms with van der Waals surface area (Å²) in [6, 6.07) is 1.16. The van der Waals surface area contributed by atoms with Gasteiger partial charge in [-0.3, -0.25) is 4.90 Å². The molecule has 0 saturated carbocycles. The van der Waals surface area contributed by atoms with E-state index in [1.54, 1.807) is 0 Å². The van der Waals surface area contributed by atoms with Gasteiger partial charge in [-0.25, -0.2) is 0 Å². The molecule has 1 fully saturated rings. The summed E-state index contributed by atoms with van der Waals surface area (Å²) in [7, 11) is 0. The lowest BCUT2D eigenvalue weighted by atomic mass is 10.1. The van der Waals surface area contributed by atoms with Crippen LogP contribution in [0, 0.1) is 0 Å². The molecule has 1 aliphatic heterocycles. The molecule has 2 atom stereocenters. The standard InChI is InChI=1S/C10H21NO/c1-8(2)11-6-4-5-10(12)7-9(11)3/h8-10,12H,4-7H2,1-3H3. The number of hydrogen-bond donors (Lipinski definition) is 1. The van der Waals surface area contributed by atoms with Crippen molar-refractivity contribution >= 4 is 0 Å². The van der Waals surface area contributed by atoms with Crippen LogP contribution in [0.25, 0.3) is 0 Å². The van der Waals surface area contributed by atoms with Crippen LogP contribution in [0.3, 0.4) is 0 Å². The summed E-state index contributed by atoms with van der Waals surface area (Å²) in [4.78, 5) is 2.48. The molecule has 0 aromatic carbocycles. The number of likely N-dealkylation sites (tertiary alicyclic amines) is 1. The topological polar surface area (TPSA) is 23.5 Å². The summed E-state index contributed by atoms with van der Waals surface area (Å²) >= 11 is 0. The number of aliphatic hydroxyl groups is 1. The first-order chi connectivity index (χ1) is 5.61. The van der Waals surface area contributed by atoms with Crippen molar-refractivity contribution in [1.82, 2.24) is 4.90 Å². The Morgan fingerprint density at radius 1 is 1.42 bits per heavy atom. The lowest BCUT2D eigenvalue weighted by Gasteiger charge is -2.30. The molecular weight excluding hydrogens is 150 g/mol. The number of nitrogens with zero attached hydrogens (tertiary/aromatic N) is 1. The zero-order valence-corrected chi connectivity index (χ0v) is 8.45. The Balaban J connectivity index is 2.51. The van der Waals surface area contributed by atoms with Gasteiger partial charge >= 0.3 is 0 Å². The Morgan fingerprint density at radius 2 is 2.08 bits per heavy atom. The van der Waals surface area contributed by atoms with Gasteiger partial charge in [0.25, 0.3) is 0 Å². The summed E-state index contributed by atoms with van der Waals surface area (Å²) in [6.07, 6.45) is 3.00. The fraction of sp³-hybridized carbons (Fsp3) is 1.00. The molecule has 0 radical (unpaired) electrons. The predicted octanol–water partition coefficient (Wildman–Crippen LogP) is 1.63. The van der Waals surface area contributed by atoms with Gasteiger partial charge in [0.1, 0.15) is 0 Å². The third-order valence-electron chi connectivity index (χ3n) is 2.80. The lowest BCUT2D eigenvalue weighted by Crippen LogP contribution is -2.38. The van der Waals surface area contributed by atoms with Crippen molar-refractivity contribution in [3.05, 3.63) is 0 Å². The van der Waals surface area contributed by atoms with Crippen LogP contribution >= 0.6 is 0 Å². The molecule has 1 rings (SSSR count). The highest BCUT2D eigenvalue weighted by Gasteiger charge is 2.22. The Bertz CT molecular complexity index is 136. The van der Waals surface area contributed by atoms with E-state index in [1.807, 2.05) is 0 Å². The highest BCUT2D eigenvalue weighted by Crippen LogP contribution is 2.18. The maximum Gasteiger partial charge on any atom is 0.0555 e. The van der Waals surface area contributed by atoms with Gasteiger partial charge in [-0.15, -0.1) is 0 Å².